The van der Waals surface area contributed by atoms with E-state index in [1.165, 1.54) is 12.4 Å². The van der Waals surface area contributed by atoms with Crippen molar-refractivity contribution < 1.29 is 4.79 Å². The number of aromatic nitrogens is 2. The summed E-state index contributed by atoms with van der Waals surface area (Å²) in [4.78, 5) is 20.8. The number of benzene rings is 2. The summed E-state index contributed by atoms with van der Waals surface area (Å²) in [6, 6.07) is 13.4. The van der Waals surface area contributed by atoms with Crippen LogP contribution in [0.3, 0.4) is 0 Å². The zero-order valence-corrected chi connectivity index (χ0v) is 15.3. The second-order valence-electron chi connectivity index (χ2n) is 5.93. The fourth-order valence-corrected chi connectivity index (χ4v) is 2.64. The minimum Gasteiger partial charge on any atom is -0.365 e. The molecule has 0 bridgehead atoms. The van der Waals surface area contributed by atoms with E-state index in [-0.39, 0.29) is 11.6 Å². The summed E-state index contributed by atoms with van der Waals surface area (Å²) in [6.45, 7) is 4.50. The molecule has 26 heavy (non-hydrogen) atoms. The minimum absolute atomic E-state index is 0.259. The first-order chi connectivity index (χ1) is 12.5. The van der Waals surface area contributed by atoms with Gasteiger partial charge in [0.05, 0.1) is 12.4 Å². The summed E-state index contributed by atoms with van der Waals surface area (Å²) in [6.07, 6.45) is 2.99. The van der Waals surface area contributed by atoms with E-state index < -0.39 is 0 Å². The zero-order valence-electron chi connectivity index (χ0n) is 14.6. The van der Waals surface area contributed by atoms with E-state index in [1.807, 2.05) is 56.3 Å². The molecule has 0 radical (unpaired) electrons. The number of aryl methyl sites for hydroxylation is 1. The van der Waals surface area contributed by atoms with Crippen LogP contribution in [0.15, 0.2) is 54.9 Å². The van der Waals surface area contributed by atoms with Crippen molar-refractivity contribution in [2.45, 2.75) is 20.4 Å². The van der Waals surface area contributed by atoms with Crippen LogP contribution in [0.25, 0.3) is 0 Å². The number of amides is 1. The molecule has 0 aliphatic heterocycles. The zero-order chi connectivity index (χ0) is 18.5. The van der Waals surface area contributed by atoms with Gasteiger partial charge in [0.1, 0.15) is 11.5 Å². The van der Waals surface area contributed by atoms with Gasteiger partial charge in [-0.2, -0.15) is 0 Å². The lowest BCUT2D eigenvalue weighted by Gasteiger charge is -2.10. The molecule has 0 saturated carbocycles. The van der Waals surface area contributed by atoms with Crippen molar-refractivity contribution in [1.82, 2.24) is 9.97 Å². The highest BCUT2D eigenvalue weighted by molar-refractivity contribution is 6.31. The highest BCUT2D eigenvalue weighted by Gasteiger charge is 2.10. The molecule has 2 aromatic carbocycles. The molecule has 0 unspecified atom stereocenters. The maximum Gasteiger partial charge on any atom is 0.275 e. The van der Waals surface area contributed by atoms with Crippen LogP contribution < -0.4 is 10.6 Å². The average molecular weight is 367 g/mol. The van der Waals surface area contributed by atoms with E-state index in [4.69, 9.17) is 11.6 Å². The molecule has 3 rings (SSSR count). The Hall–Kier alpha value is -2.92. The lowest BCUT2D eigenvalue weighted by Crippen LogP contribution is -2.15. The maximum absolute atomic E-state index is 12.4. The number of hydrogen-bond donors (Lipinski definition) is 2. The van der Waals surface area contributed by atoms with Crippen molar-refractivity contribution in [3.63, 3.8) is 0 Å². The van der Waals surface area contributed by atoms with Gasteiger partial charge in [-0.15, -0.1) is 0 Å². The van der Waals surface area contributed by atoms with Crippen molar-refractivity contribution in [2.75, 3.05) is 10.6 Å². The summed E-state index contributed by atoms with van der Waals surface area (Å²) >= 11 is 6.13. The van der Waals surface area contributed by atoms with Crippen LogP contribution >= 0.6 is 11.6 Å². The van der Waals surface area contributed by atoms with E-state index in [2.05, 4.69) is 20.6 Å². The Labute approximate surface area is 157 Å². The van der Waals surface area contributed by atoms with Gasteiger partial charge in [-0.1, -0.05) is 41.9 Å². The Morgan fingerprint density at radius 1 is 1.04 bits per heavy atom. The summed E-state index contributed by atoms with van der Waals surface area (Å²) in [5.41, 5.74) is 4.15. The first kappa shape index (κ1) is 17.9. The Balaban J connectivity index is 1.64. The van der Waals surface area contributed by atoms with Gasteiger partial charge in [0, 0.05) is 17.3 Å². The average Bonchev–Trinajstić information content (AvgIpc) is 2.65. The lowest BCUT2D eigenvalue weighted by molar-refractivity contribution is 0.102. The number of carbonyl (C=O) groups excluding carboxylic acids is 1. The third-order valence-electron chi connectivity index (χ3n) is 4.16. The number of halogens is 1. The number of rotatable bonds is 5. The van der Waals surface area contributed by atoms with Crippen molar-refractivity contribution >= 4 is 29.0 Å². The number of nitrogens with one attached hydrogen (secondary N) is 2. The molecule has 2 N–H and O–H groups in total. The van der Waals surface area contributed by atoms with Gasteiger partial charge in [-0.05, 0) is 42.7 Å². The van der Waals surface area contributed by atoms with Gasteiger partial charge < -0.3 is 10.6 Å². The molecular weight excluding hydrogens is 348 g/mol. The topological polar surface area (TPSA) is 66.9 Å². The summed E-state index contributed by atoms with van der Waals surface area (Å²) in [5.74, 6) is 0.289. The minimum atomic E-state index is -0.288. The highest BCUT2D eigenvalue weighted by Crippen LogP contribution is 2.19. The Kier molecular flexibility index (Phi) is 5.49. The molecule has 0 atom stereocenters. The fourth-order valence-electron chi connectivity index (χ4n) is 2.44. The molecule has 1 amide bonds. The van der Waals surface area contributed by atoms with E-state index in [1.54, 1.807) is 0 Å². The quantitative estimate of drug-likeness (QED) is 0.691. The Bertz CT molecular complexity index is 925. The van der Waals surface area contributed by atoms with Gasteiger partial charge in [0.15, 0.2) is 0 Å². The summed E-state index contributed by atoms with van der Waals surface area (Å²) in [5, 5.41) is 6.71. The third-order valence-corrected chi connectivity index (χ3v) is 4.52. The Morgan fingerprint density at radius 2 is 1.85 bits per heavy atom. The Morgan fingerprint density at radius 3 is 2.58 bits per heavy atom. The van der Waals surface area contributed by atoms with E-state index in [0.29, 0.717) is 17.4 Å². The second kappa shape index (κ2) is 7.97. The van der Waals surface area contributed by atoms with E-state index >= 15 is 0 Å². The van der Waals surface area contributed by atoms with Crippen LogP contribution in [0.4, 0.5) is 11.5 Å². The molecule has 0 spiro atoms. The maximum atomic E-state index is 12.4. The van der Waals surface area contributed by atoms with Crippen LogP contribution in [-0.4, -0.2) is 15.9 Å². The normalized spacial score (nSPS) is 10.4. The number of carbonyl (C=O) groups is 1. The molecule has 5 nitrogen and oxygen atoms in total. The molecule has 3 aromatic rings. The van der Waals surface area contributed by atoms with E-state index in [9.17, 15) is 4.79 Å². The summed E-state index contributed by atoms with van der Waals surface area (Å²) in [7, 11) is 0. The van der Waals surface area contributed by atoms with Crippen LogP contribution in [0, 0.1) is 13.8 Å². The number of nitrogens with zero attached hydrogens (tertiary/aromatic N) is 2. The molecule has 6 heteroatoms. The second-order valence-corrected chi connectivity index (χ2v) is 6.34. The largest absolute Gasteiger partial charge is 0.365 e. The van der Waals surface area contributed by atoms with Gasteiger partial charge in [0.2, 0.25) is 0 Å². The first-order valence-electron chi connectivity index (χ1n) is 8.21. The van der Waals surface area contributed by atoms with Crippen LogP contribution in [0.5, 0.6) is 0 Å². The molecular formula is C20H19ClN4O. The monoisotopic (exact) mass is 366 g/mol. The lowest BCUT2D eigenvalue weighted by atomic mass is 10.1. The SMILES string of the molecule is Cc1cccc(NC(=O)c2cnc(NCc3ccccc3Cl)cn2)c1C. The van der Waals surface area contributed by atoms with Crippen LogP contribution in [-0.2, 0) is 6.54 Å². The number of hydrogen-bond acceptors (Lipinski definition) is 4. The van der Waals surface area contributed by atoms with Gasteiger partial charge in [0.25, 0.3) is 5.91 Å². The van der Waals surface area contributed by atoms with E-state index in [0.717, 1.165) is 22.4 Å². The van der Waals surface area contributed by atoms with Gasteiger partial charge in [-0.25, -0.2) is 9.97 Å². The molecule has 0 aliphatic carbocycles. The van der Waals surface area contributed by atoms with Crippen LogP contribution in [0.1, 0.15) is 27.2 Å². The molecule has 132 valence electrons. The molecule has 1 heterocycles. The highest BCUT2D eigenvalue weighted by atomic mass is 35.5. The fraction of sp³-hybridized carbons (Fsp3) is 0.150. The van der Waals surface area contributed by atoms with Crippen molar-refractivity contribution in [1.29, 1.82) is 0 Å². The van der Waals surface area contributed by atoms with Gasteiger partial charge in [-0.3, -0.25) is 4.79 Å². The molecule has 0 saturated heterocycles. The molecule has 0 aliphatic rings. The van der Waals surface area contributed by atoms with Gasteiger partial charge >= 0.3 is 0 Å². The van der Waals surface area contributed by atoms with Crippen LogP contribution in [0.2, 0.25) is 5.02 Å². The predicted molar refractivity (Wildman–Crippen MR) is 105 cm³/mol. The third kappa shape index (κ3) is 4.18. The summed E-state index contributed by atoms with van der Waals surface area (Å²) < 4.78 is 0. The molecule has 1 aromatic heterocycles. The van der Waals surface area contributed by atoms with Crippen molar-refractivity contribution in [2.24, 2.45) is 0 Å². The first-order valence-corrected chi connectivity index (χ1v) is 8.59. The predicted octanol–water partition coefficient (Wildman–Crippen LogP) is 4.61. The smallest absolute Gasteiger partial charge is 0.275 e. The van der Waals surface area contributed by atoms with Crippen molar-refractivity contribution in [3.8, 4) is 0 Å². The van der Waals surface area contributed by atoms with Crippen molar-refractivity contribution in [3.05, 3.63) is 82.3 Å². The molecule has 0 fully saturated rings. The number of anilines is 2. The standard InChI is InChI=1S/C20H19ClN4O/c1-13-6-5-9-17(14(13)2)25-20(26)18-11-24-19(12-22-18)23-10-15-7-3-4-8-16(15)21/h3-9,11-12H,10H2,1-2H3,(H,23,24)(H,25,26).